The highest BCUT2D eigenvalue weighted by Gasteiger charge is 2.37. The van der Waals surface area contributed by atoms with E-state index in [0.29, 0.717) is 44.0 Å². The Morgan fingerprint density at radius 3 is 2.29 bits per heavy atom. The van der Waals surface area contributed by atoms with Gasteiger partial charge in [-0.15, -0.1) is 0 Å². The standard InChI is InChI=1S/C20H20N2O6/c23-18-15-4-1-2-5-16(15)19(24)22(18)13-14(12-21-7-10-26-11-8-21)28-20(25)17-6-3-9-27-17/h1-6,9,14H,7-8,10-13H2/t14-/m1/s1. The maximum absolute atomic E-state index is 12.7. The van der Waals surface area contributed by atoms with Crippen molar-refractivity contribution in [1.82, 2.24) is 9.80 Å². The van der Waals surface area contributed by atoms with Crippen LogP contribution in [0.25, 0.3) is 0 Å². The average molecular weight is 384 g/mol. The molecule has 0 radical (unpaired) electrons. The molecule has 1 fully saturated rings. The van der Waals surface area contributed by atoms with Crippen molar-refractivity contribution < 1.29 is 28.3 Å². The molecule has 1 aromatic heterocycles. The molecule has 2 aliphatic heterocycles. The first-order valence-electron chi connectivity index (χ1n) is 9.13. The van der Waals surface area contributed by atoms with Crippen LogP contribution in [0.2, 0.25) is 0 Å². The van der Waals surface area contributed by atoms with Crippen LogP contribution < -0.4 is 0 Å². The van der Waals surface area contributed by atoms with Gasteiger partial charge >= 0.3 is 5.97 Å². The predicted octanol–water partition coefficient (Wildman–Crippen LogP) is 1.43. The van der Waals surface area contributed by atoms with Crippen molar-refractivity contribution in [2.45, 2.75) is 6.10 Å². The summed E-state index contributed by atoms with van der Waals surface area (Å²) >= 11 is 0. The zero-order chi connectivity index (χ0) is 19.5. The van der Waals surface area contributed by atoms with Gasteiger partial charge in [-0.2, -0.15) is 0 Å². The van der Waals surface area contributed by atoms with Gasteiger partial charge in [0.05, 0.1) is 37.1 Å². The van der Waals surface area contributed by atoms with Gasteiger partial charge in [-0.25, -0.2) is 4.79 Å². The molecule has 0 aliphatic carbocycles. The lowest BCUT2D eigenvalue weighted by atomic mass is 10.1. The molecule has 1 saturated heterocycles. The van der Waals surface area contributed by atoms with Crippen LogP contribution in [0.3, 0.4) is 0 Å². The van der Waals surface area contributed by atoms with Crippen molar-refractivity contribution in [2.24, 2.45) is 0 Å². The minimum Gasteiger partial charge on any atom is -0.457 e. The second kappa shape index (κ2) is 7.95. The molecule has 2 aromatic rings. The second-order valence-corrected chi connectivity index (χ2v) is 6.68. The van der Waals surface area contributed by atoms with E-state index in [-0.39, 0.29) is 24.1 Å². The highest BCUT2D eigenvalue weighted by Crippen LogP contribution is 2.23. The van der Waals surface area contributed by atoms with Crippen molar-refractivity contribution in [3.63, 3.8) is 0 Å². The molecule has 0 saturated carbocycles. The number of benzene rings is 1. The third-order valence-electron chi connectivity index (χ3n) is 4.83. The van der Waals surface area contributed by atoms with Gasteiger partial charge in [-0.3, -0.25) is 19.4 Å². The lowest BCUT2D eigenvalue weighted by Gasteiger charge is -2.31. The van der Waals surface area contributed by atoms with E-state index < -0.39 is 12.1 Å². The zero-order valence-corrected chi connectivity index (χ0v) is 15.2. The lowest BCUT2D eigenvalue weighted by molar-refractivity contribution is -0.0121. The molecular weight excluding hydrogens is 364 g/mol. The molecule has 0 spiro atoms. The predicted molar refractivity (Wildman–Crippen MR) is 97.0 cm³/mol. The average Bonchev–Trinajstić information content (AvgIpc) is 3.33. The number of ether oxygens (including phenoxy) is 2. The van der Waals surface area contributed by atoms with Crippen LogP contribution in [0.4, 0.5) is 0 Å². The topological polar surface area (TPSA) is 89.3 Å². The van der Waals surface area contributed by atoms with Crippen LogP contribution in [-0.2, 0) is 9.47 Å². The van der Waals surface area contributed by atoms with Crippen LogP contribution in [0.5, 0.6) is 0 Å². The number of carbonyl (C=O) groups is 3. The number of nitrogens with zero attached hydrogens (tertiary/aromatic N) is 2. The van der Waals surface area contributed by atoms with E-state index in [1.54, 1.807) is 30.3 Å². The number of hydrogen-bond acceptors (Lipinski definition) is 7. The maximum atomic E-state index is 12.7. The fourth-order valence-corrected chi connectivity index (χ4v) is 3.42. The molecule has 0 bridgehead atoms. The number of morpholine rings is 1. The molecule has 1 aromatic carbocycles. The molecule has 28 heavy (non-hydrogen) atoms. The van der Waals surface area contributed by atoms with Crippen LogP contribution in [0.1, 0.15) is 31.3 Å². The molecule has 8 heteroatoms. The first-order chi connectivity index (χ1) is 13.6. The summed E-state index contributed by atoms with van der Waals surface area (Å²) in [4.78, 5) is 40.9. The van der Waals surface area contributed by atoms with Gasteiger partial charge in [0.15, 0.2) is 0 Å². The van der Waals surface area contributed by atoms with Crippen molar-refractivity contribution >= 4 is 17.8 Å². The molecule has 2 aliphatic rings. The molecule has 146 valence electrons. The van der Waals surface area contributed by atoms with E-state index in [9.17, 15) is 14.4 Å². The van der Waals surface area contributed by atoms with Gasteiger partial charge in [0.2, 0.25) is 5.76 Å². The Labute approximate surface area is 161 Å². The Morgan fingerprint density at radius 1 is 1.00 bits per heavy atom. The molecular formula is C20H20N2O6. The van der Waals surface area contributed by atoms with Gasteiger partial charge in [0.1, 0.15) is 6.10 Å². The third kappa shape index (κ3) is 3.69. The third-order valence-corrected chi connectivity index (χ3v) is 4.83. The van der Waals surface area contributed by atoms with Crippen molar-refractivity contribution in [1.29, 1.82) is 0 Å². The van der Waals surface area contributed by atoms with Crippen molar-refractivity contribution in [3.05, 3.63) is 59.5 Å². The van der Waals surface area contributed by atoms with Gasteiger partial charge in [-0.05, 0) is 24.3 Å². The summed E-state index contributed by atoms with van der Waals surface area (Å²) in [6.07, 6.45) is 0.704. The van der Waals surface area contributed by atoms with Gasteiger partial charge in [0, 0.05) is 19.6 Å². The number of fused-ring (bicyclic) bond motifs is 1. The summed E-state index contributed by atoms with van der Waals surface area (Å²) in [5.74, 6) is -1.29. The first-order valence-corrected chi connectivity index (χ1v) is 9.13. The summed E-state index contributed by atoms with van der Waals surface area (Å²) in [7, 11) is 0. The van der Waals surface area contributed by atoms with E-state index in [1.807, 2.05) is 0 Å². The van der Waals surface area contributed by atoms with E-state index in [2.05, 4.69) is 4.90 Å². The Bertz CT molecular complexity index is 838. The normalized spacial score (nSPS) is 18.2. The Kier molecular flexibility index (Phi) is 5.23. The summed E-state index contributed by atoms with van der Waals surface area (Å²) < 4.78 is 16.0. The number of imide groups is 1. The number of hydrogen-bond donors (Lipinski definition) is 0. The molecule has 8 nitrogen and oxygen atoms in total. The monoisotopic (exact) mass is 384 g/mol. The molecule has 0 unspecified atom stereocenters. The number of rotatable bonds is 6. The lowest BCUT2D eigenvalue weighted by Crippen LogP contribution is -2.47. The van der Waals surface area contributed by atoms with Crippen molar-refractivity contribution in [3.8, 4) is 0 Å². The zero-order valence-electron chi connectivity index (χ0n) is 15.2. The summed E-state index contributed by atoms with van der Waals surface area (Å²) in [6, 6.07) is 9.79. The highest BCUT2D eigenvalue weighted by molar-refractivity contribution is 6.21. The molecule has 3 heterocycles. The fraction of sp³-hybridized carbons (Fsp3) is 0.350. The van der Waals surface area contributed by atoms with Crippen LogP contribution in [0.15, 0.2) is 47.1 Å². The Balaban J connectivity index is 1.50. The Morgan fingerprint density at radius 2 is 1.68 bits per heavy atom. The Hall–Kier alpha value is -2.97. The number of amides is 2. The minimum absolute atomic E-state index is 0.0177. The van der Waals surface area contributed by atoms with E-state index in [4.69, 9.17) is 13.9 Å². The number of esters is 1. The molecule has 4 rings (SSSR count). The van der Waals surface area contributed by atoms with Crippen molar-refractivity contribution in [2.75, 3.05) is 39.4 Å². The quantitative estimate of drug-likeness (QED) is 0.550. The molecule has 0 N–H and O–H groups in total. The first kappa shape index (κ1) is 18.4. The fourth-order valence-electron chi connectivity index (χ4n) is 3.42. The highest BCUT2D eigenvalue weighted by atomic mass is 16.6. The maximum Gasteiger partial charge on any atom is 0.374 e. The summed E-state index contributed by atoms with van der Waals surface area (Å²) in [6.45, 7) is 2.94. The number of carbonyl (C=O) groups excluding carboxylic acids is 3. The van der Waals surface area contributed by atoms with E-state index in [0.717, 1.165) is 4.90 Å². The van der Waals surface area contributed by atoms with E-state index in [1.165, 1.54) is 12.3 Å². The second-order valence-electron chi connectivity index (χ2n) is 6.68. The van der Waals surface area contributed by atoms with Gasteiger partial charge < -0.3 is 13.9 Å². The van der Waals surface area contributed by atoms with Gasteiger partial charge in [0.25, 0.3) is 11.8 Å². The minimum atomic E-state index is -0.682. The van der Waals surface area contributed by atoms with Crippen LogP contribution in [-0.4, -0.2) is 73.1 Å². The SMILES string of the molecule is O=C(O[C@H](CN1CCOCC1)CN1C(=O)c2ccccc2C1=O)c1ccco1. The number of furan rings is 1. The van der Waals surface area contributed by atoms with Gasteiger partial charge in [-0.1, -0.05) is 12.1 Å². The van der Waals surface area contributed by atoms with Crippen LogP contribution >= 0.6 is 0 Å². The molecule has 1 atom stereocenters. The molecule has 2 amide bonds. The van der Waals surface area contributed by atoms with Crippen LogP contribution in [0, 0.1) is 0 Å². The van der Waals surface area contributed by atoms with E-state index >= 15 is 0 Å². The largest absolute Gasteiger partial charge is 0.457 e. The summed E-state index contributed by atoms with van der Waals surface area (Å²) in [5.41, 5.74) is 0.741. The smallest absolute Gasteiger partial charge is 0.374 e. The summed E-state index contributed by atoms with van der Waals surface area (Å²) in [5, 5.41) is 0.